The number of ketones is 1. The van der Waals surface area contributed by atoms with Crippen LogP contribution in [0.25, 0.3) is 0 Å². The van der Waals surface area contributed by atoms with Crippen molar-refractivity contribution >= 4 is 17.4 Å². The Labute approximate surface area is 111 Å². The van der Waals surface area contributed by atoms with Gasteiger partial charge in [0, 0.05) is 21.0 Å². The molecule has 1 aliphatic carbocycles. The number of Topliss-reactive ketones (excluding diaryl/α,β-unsaturated/α-hetero) is 1. The van der Waals surface area contributed by atoms with E-state index in [1.54, 1.807) is 12.1 Å². The molecular formula is C13H16ClNO. The maximum atomic E-state index is 12.7. The number of carbonyl (C=O) groups excluding carboxylic acids is 1. The molecule has 16 heavy (non-hydrogen) atoms. The van der Waals surface area contributed by atoms with Gasteiger partial charge in [-0.2, -0.15) is 0 Å². The van der Waals surface area contributed by atoms with Gasteiger partial charge < -0.3 is 5.32 Å². The molecule has 1 fully saturated rings. The van der Waals surface area contributed by atoms with Gasteiger partial charge in [0.2, 0.25) is 0 Å². The Hall–Kier alpha value is -0.860. The van der Waals surface area contributed by atoms with Crippen molar-refractivity contribution in [3.05, 3.63) is 34.9 Å². The summed E-state index contributed by atoms with van der Waals surface area (Å²) in [4.78, 5) is 12.7. The Morgan fingerprint density at radius 3 is 3.06 bits per heavy atom. The maximum absolute atomic E-state index is 12.7. The summed E-state index contributed by atoms with van der Waals surface area (Å²) in [5, 5.41) is 2.35. The first kappa shape index (κ1) is 5.65. The molecule has 3 heteroatoms. The van der Waals surface area contributed by atoms with Gasteiger partial charge in [0.1, 0.15) is 5.54 Å². The number of hydrogen-bond acceptors (Lipinski definition) is 2. The lowest BCUT2D eigenvalue weighted by atomic mass is 9.75. The van der Waals surface area contributed by atoms with Crippen molar-refractivity contribution in [3.8, 4) is 0 Å². The van der Waals surface area contributed by atoms with E-state index in [9.17, 15) is 4.79 Å². The van der Waals surface area contributed by atoms with Crippen LogP contribution in [0.2, 0.25) is 5.02 Å². The summed E-state index contributed by atoms with van der Waals surface area (Å²) < 4.78 is 53.8. The molecule has 0 spiro atoms. The van der Waals surface area contributed by atoms with Gasteiger partial charge in [-0.15, -0.1) is 0 Å². The highest BCUT2D eigenvalue weighted by atomic mass is 35.5. The number of carbonyl (C=O) groups is 1. The number of likely N-dealkylation sites (N-methyl/N-ethyl adjacent to an activating group) is 1. The van der Waals surface area contributed by atoms with E-state index >= 15 is 0 Å². The van der Waals surface area contributed by atoms with Crippen molar-refractivity contribution in [3.63, 3.8) is 0 Å². The van der Waals surface area contributed by atoms with Gasteiger partial charge >= 0.3 is 0 Å². The molecule has 0 amide bonds. The standard InChI is InChI=1S/C13H16ClNO/c1-15-13(9-5-4-8-12(13)16)10-6-2-3-7-11(10)14/h2-3,6-7,15H,4-5,8-9H2,1H3/i1D3,4D2,5D2. The third-order valence-corrected chi connectivity index (χ3v) is 3.08. The summed E-state index contributed by atoms with van der Waals surface area (Å²) in [5.41, 5.74) is -1.76. The number of benzene rings is 1. The van der Waals surface area contributed by atoms with Crippen LogP contribution in [0.4, 0.5) is 0 Å². The lowest BCUT2D eigenvalue weighted by Crippen LogP contribution is -2.49. The van der Waals surface area contributed by atoms with Crippen LogP contribution in [0.5, 0.6) is 0 Å². The highest BCUT2D eigenvalue weighted by Gasteiger charge is 2.40. The van der Waals surface area contributed by atoms with Crippen LogP contribution in [0.1, 0.15) is 40.7 Å². The highest BCUT2D eigenvalue weighted by Crippen LogP contribution is 2.37. The first-order valence-electron chi connectivity index (χ1n) is 8.38. The van der Waals surface area contributed by atoms with E-state index in [0.717, 1.165) is 0 Å². The SMILES string of the molecule is [2H]C([2H])([2H])NC1(c2ccccc2Cl)CC([2H])([2H])C([2H])([2H])CC1=O. The van der Waals surface area contributed by atoms with Gasteiger partial charge in [0.15, 0.2) is 5.78 Å². The predicted octanol–water partition coefficient (Wildman–Crippen LogP) is 2.90. The smallest absolute Gasteiger partial charge is 0.157 e. The van der Waals surface area contributed by atoms with E-state index in [4.69, 9.17) is 21.2 Å². The average molecular weight is 245 g/mol. The lowest BCUT2D eigenvalue weighted by Gasteiger charge is -2.36. The van der Waals surface area contributed by atoms with E-state index in [2.05, 4.69) is 5.32 Å². The van der Waals surface area contributed by atoms with Gasteiger partial charge in [0.05, 0.1) is 0 Å². The van der Waals surface area contributed by atoms with E-state index in [1.165, 1.54) is 12.1 Å². The van der Waals surface area contributed by atoms with Crippen LogP contribution in [0.15, 0.2) is 24.3 Å². The molecule has 0 heterocycles. The van der Waals surface area contributed by atoms with E-state index in [0.29, 0.717) is 0 Å². The second-order valence-electron chi connectivity index (χ2n) is 3.64. The van der Waals surface area contributed by atoms with Crippen molar-refractivity contribution in [1.29, 1.82) is 0 Å². The second kappa shape index (κ2) is 4.56. The number of rotatable bonds is 2. The van der Waals surface area contributed by atoms with Crippen LogP contribution >= 0.6 is 11.6 Å². The van der Waals surface area contributed by atoms with E-state index in [-0.39, 0.29) is 10.6 Å². The Balaban J connectivity index is 2.65. The normalized spacial score (nSPS) is 39.3. The molecule has 86 valence electrons. The van der Waals surface area contributed by atoms with Gasteiger partial charge in [-0.05, 0) is 31.4 Å². The minimum Gasteiger partial charge on any atom is -0.304 e. The summed E-state index contributed by atoms with van der Waals surface area (Å²) >= 11 is 6.11. The largest absolute Gasteiger partial charge is 0.304 e. The third kappa shape index (κ3) is 1.76. The summed E-state index contributed by atoms with van der Waals surface area (Å²) in [7, 11) is 0. The fourth-order valence-electron chi connectivity index (χ4n) is 1.82. The Kier molecular flexibility index (Phi) is 1.61. The minimum atomic E-state index is -2.73. The van der Waals surface area contributed by atoms with Crippen LogP contribution < -0.4 is 5.32 Å². The van der Waals surface area contributed by atoms with Crippen molar-refractivity contribution < 1.29 is 14.4 Å². The van der Waals surface area contributed by atoms with E-state index < -0.39 is 43.9 Å². The summed E-state index contributed by atoms with van der Waals surface area (Å²) in [6.07, 6.45) is -6.19. The first-order valence-corrected chi connectivity index (χ1v) is 5.26. The zero-order valence-corrected chi connectivity index (χ0v) is 9.27. The van der Waals surface area contributed by atoms with Crippen LogP contribution in [-0.2, 0) is 10.3 Å². The van der Waals surface area contributed by atoms with Gasteiger partial charge in [0.25, 0.3) is 0 Å². The van der Waals surface area contributed by atoms with Crippen molar-refractivity contribution in [1.82, 2.24) is 5.32 Å². The molecule has 0 aromatic heterocycles. The van der Waals surface area contributed by atoms with Crippen molar-refractivity contribution in [2.45, 2.75) is 31.1 Å². The Morgan fingerprint density at radius 2 is 2.31 bits per heavy atom. The molecular weight excluding hydrogens is 222 g/mol. The minimum absolute atomic E-state index is 0.121. The molecule has 2 nitrogen and oxygen atoms in total. The molecule has 1 aliphatic rings. The maximum Gasteiger partial charge on any atom is 0.157 e. The third-order valence-electron chi connectivity index (χ3n) is 2.75. The van der Waals surface area contributed by atoms with Crippen LogP contribution in [0, 0.1) is 0 Å². The average Bonchev–Trinajstić information content (AvgIpc) is 2.34. The van der Waals surface area contributed by atoms with Crippen molar-refractivity contribution in [2.24, 2.45) is 0 Å². The second-order valence-corrected chi connectivity index (χ2v) is 4.05. The summed E-state index contributed by atoms with van der Waals surface area (Å²) in [6.45, 7) is -2.73. The van der Waals surface area contributed by atoms with Crippen LogP contribution in [-0.4, -0.2) is 12.8 Å². The summed E-state index contributed by atoms with van der Waals surface area (Å²) in [6, 6.07) is 6.11. The molecule has 1 atom stereocenters. The summed E-state index contributed by atoms with van der Waals surface area (Å²) in [5.74, 6) is -0.734. The molecule has 1 saturated carbocycles. The van der Waals surface area contributed by atoms with Gasteiger partial charge in [-0.3, -0.25) is 4.79 Å². The highest BCUT2D eigenvalue weighted by molar-refractivity contribution is 6.31. The monoisotopic (exact) mass is 244 g/mol. The fourth-order valence-corrected chi connectivity index (χ4v) is 2.12. The van der Waals surface area contributed by atoms with E-state index in [1.807, 2.05) is 0 Å². The zero-order valence-electron chi connectivity index (χ0n) is 15.5. The molecule has 1 unspecified atom stereocenters. The fraction of sp³-hybridized carbons (Fsp3) is 0.462. The number of halogens is 1. The zero-order chi connectivity index (χ0) is 17.7. The molecule has 0 bridgehead atoms. The Bertz CT molecular complexity index is 631. The predicted molar refractivity (Wildman–Crippen MR) is 65.7 cm³/mol. The van der Waals surface area contributed by atoms with Crippen LogP contribution in [0.3, 0.4) is 0 Å². The number of nitrogens with one attached hydrogen (secondary N) is 1. The van der Waals surface area contributed by atoms with Crippen molar-refractivity contribution in [2.75, 3.05) is 6.98 Å². The molecule has 2 rings (SSSR count). The lowest BCUT2D eigenvalue weighted by molar-refractivity contribution is -0.127. The molecule has 1 aromatic carbocycles. The topological polar surface area (TPSA) is 29.1 Å². The van der Waals surface area contributed by atoms with Gasteiger partial charge in [-0.1, -0.05) is 36.2 Å². The Morgan fingerprint density at radius 1 is 1.50 bits per heavy atom. The molecule has 0 radical (unpaired) electrons. The molecule has 0 saturated heterocycles. The first-order chi connectivity index (χ1) is 10.3. The molecule has 1 aromatic rings. The molecule has 1 N–H and O–H groups in total. The molecule has 0 aliphatic heterocycles. The van der Waals surface area contributed by atoms with Gasteiger partial charge in [-0.25, -0.2) is 0 Å². The quantitative estimate of drug-likeness (QED) is 0.867. The number of hydrogen-bond donors (Lipinski definition) is 1.